The second kappa shape index (κ2) is 8.93. The fourth-order valence-electron chi connectivity index (χ4n) is 4.01. The van der Waals surface area contributed by atoms with Crippen LogP contribution in [-0.2, 0) is 0 Å². The number of aromatic nitrogens is 4. The van der Waals surface area contributed by atoms with Gasteiger partial charge < -0.3 is 20.3 Å². The van der Waals surface area contributed by atoms with E-state index in [4.69, 9.17) is 4.74 Å². The highest BCUT2D eigenvalue weighted by molar-refractivity contribution is 5.65. The summed E-state index contributed by atoms with van der Waals surface area (Å²) in [6.07, 6.45) is 4.11. The largest absolute Gasteiger partial charge is 0.496 e. The first-order valence-electron chi connectivity index (χ1n) is 10.7. The van der Waals surface area contributed by atoms with Gasteiger partial charge in [0.2, 0.25) is 5.95 Å². The second-order valence-corrected chi connectivity index (χ2v) is 8.40. The Morgan fingerprint density at radius 2 is 1.84 bits per heavy atom. The molecule has 0 spiro atoms. The van der Waals surface area contributed by atoms with Gasteiger partial charge in [-0.25, -0.2) is 4.98 Å². The van der Waals surface area contributed by atoms with Crippen molar-refractivity contribution in [1.82, 2.24) is 25.1 Å². The van der Waals surface area contributed by atoms with Gasteiger partial charge in [-0.15, -0.1) is 0 Å². The first-order chi connectivity index (χ1) is 14.9. The Morgan fingerprint density at radius 3 is 2.52 bits per heavy atom. The SMILES string of the molecule is COc1cc(Nc2ncc(C)c(Nc3cc(C)[nH]n3)n2)c(C)cc1C1CCN(C)CC1. The number of ether oxygens (including phenoxy) is 1. The maximum absolute atomic E-state index is 5.76. The van der Waals surface area contributed by atoms with Crippen LogP contribution < -0.4 is 15.4 Å². The number of benzene rings is 1. The number of nitrogens with one attached hydrogen (secondary N) is 3. The van der Waals surface area contributed by atoms with Crippen molar-refractivity contribution in [1.29, 1.82) is 0 Å². The molecule has 1 aliphatic rings. The Hall–Kier alpha value is -3.13. The summed E-state index contributed by atoms with van der Waals surface area (Å²) in [7, 11) is 3.92. The van der Waals surface area contributed by atoms with E-state index in [9.17, 15) is 0 Å². The lowest BCUT2D eigenvalue weighted by atomic mass is 9.88. The number of likely N-dealkylation sites (tertiary alicyclic amines) is 1. The maximum atomic E-state index is 5.76. The van der Waals surface area contributed by atoms with Crippen LogP contribution in [0, 0.1) is 20.8 Å². The van der Waals surface area contributed by atoms with Crippen molar-refractivity contribution in [2.75, 3.05) is 37.9 Å². The predicted octanol–water partition coefficient (Wildman–Crippen LogP) is 4.43. The smallest absolute Gasteiger partial charge is 0.229 e. The molecule has 0 unspecified atom stereocenters. The van der Waals surface area contributed by atoms with Crippen LogP contribution >= 0.6 is 0 Å². The topological polar surface area (TPSA) is 91.0 Å². The van der Waals surface area contributed by atoms with Gasteiger partial charge in [0.05, 0.1) is 7.11 Å². The van der Waals surface area contributed by atoms with Crippen LogP contribution in [0.2, 0.25) is 0 Å². The number of methoxy groups -OCH3 is 1. The van der Waals surface area contributed by atoms with Gasteiger partial charge in [-0.3, -0.25) is 5.10 Å². The monoisotopic (exact) mass is 421 g/mol. The molecule has 0 atom stereocenters. The van der Waals surface area contributed by atoms with E-state index in [1.165, 1.54) is 5.56 Å². The van der Waals surface area contributed by atoms with Crippen molar-refractivity contribution >= 4 is 23.3 Å². The lowest BCUT2D eigenvalue weighted by Gasteiger charge is -2.30. The molecule has 0 amide bonds. The molecular weight excluding hydrogens is 390 g/mol. The molecule has 0 saturated carbocycles. The minimum atomic E-state index is 0.526. The minimum absolute atomic E-state index is 0.526. The molecule has 4 rings (SSSR count). The summed E-state index contributed by atoms with van der Waals surface area (Å²) in [4.78, 5) is 11.5. The molecule has 0 aliphatic carbocycles. The van der Waals surface area contributed by atoms with Crippen LogP contribution in [0.4, 0.5) is 23.3 Å². The van der Waals surface area contributed by atoms with Gasteiger partial charge in [-0.05, 0) is 70.8 Å². The zero-order valence-corrected chi connectivity index (χ0v) is 18.9. The zero-order valence-electron chi connectivity index (χ0n) is 18.9. The van der Waals surface area contributed by atoms with E-state index in [1.54, 1.807) is 13.3 Å². The van der Waals surface area contributed by atoms with Gasteiger partial charge in [0, 0.05) is 35.3 Å². The van der Waals surface area contributed by atoms with Gasteiger partial charge in [-0.2, -0.15) is 10.1 Å². The predicted molar refractivity (Wildman–Crippen MR) is 124 cm³/mol. The summed E-state index contributed by atoms with van der Waals surface area (Å²) in [5.41, 5.74) is 5.31. The van der Waals surface area contributed by atoms with Gasteiger partial charge in [0.15, 0.2) is 5.82 Å². The molecule has 1 aliphatic heterocycles. The normalized spacial score (nSPS) is 15.1. The molecule has 1 aromatic carbocycles. The number of hydrogen-bond donors (Lipinski definition) is 3. The Balaban J connectivity index is 1.57. The molecule has 8 heteroatoms. The van der Waals surface area contributed by atoms with E-state index >= 15 is 0 Å². The summed E-state index contributed by atoms with van der Waals surface area (Å²) in [5, 5.41) is 13.8. The van der Waals surface area contributed by atoms with Crippen molar-refractivity contribution in [2.45, 2.75) is 39.5 Å². The molecule has 3 heterocycles. The number of H-pyrrole nitrogens is 1. The van der Waals surface area contributed by atoms with Crippen molar-refractivity contribution in [3.8, 4) is 5.75 Å². The molecule has 8 nitrogen and oxygen atoms in total. The fourth-order valence-corrected chi connectivity index (χ4v) is 4.01. The van der Waals surface area contributed by atoms with Gasteiger partial charge in [0.25, 0.3) is 0 Å². The minimum Gasteiger partial charge on any atom is -0.496 e. The van der Waals surface area contributed by atoms with Crippen molar-refractivity contribution in [2.24, 2.45) is 0 Å². The molecule has 3 aromatic rings. The molecule has 2 aromatic heterocycles. The van der Waals surface area contributed by atoms with Crippen LogP contribution in [0.1, 0.15) is 41.1 Å². The van der Waals surface area contributed by atoms with E-state index < -0.39 is 0 Å². The third-order valence-corrected chi connectivity index (χ3v) is 5.91. The number of hydrogen-bond acceptors (Lipinski definition) is 7. The Kier molecular flexibility index (Phi) is 6.08. The number of anilines is 4. The molecule has 164 valence electrons. The van der Waals surface area contributed by atoms with E-state index in [0.29, 0.717) is 11.9 Å². The second-order valence-electron chi connectivity index (χ2n) is 8.40. The van der Waals surface area contributed by atoms with Crippen LogP contribution in [0.25, 0.3) is 0 Å². The standard InChI is InChI=1S/C23H31N7O/c1-14-10-18(17-6-8-30(4)9-7-17)20(31-5)12-19(14)25-23-24-13-15(2)22(27-23)26-21-11-16(3)28-29-21/h10-13,17H,6-9H2,1-5H3,(H3,24,25,26,27,28,29). The highest BCUT2D eigenvalue weighted by atomic mass is 16.5. The summed E-state index contributed by atoms with van der Waals surface area (Å²) in [5.74, 6) is 3.42. The number of nitrogens with zero attached hydrogens (tertiary/aromatic N) is 4. The van der Waals surface area contributed by atoms with Gasteiger partial charge in [0.1, 0.15) is 11.6 Å². The Bertz CT molecular complexity index is 1050. The van der Waals surface area contributed by atoms with Crippen LogP contribution in [0.15, 0.2) is 24.4 Å². The highest BCUT2D eigenvalue weighted by Gasteiger charge is 2.22. The Morgan fingerprint density at radius 1 is 1.06 bits per heavy atom. The molecule has 0 radical (unpaired) electrons. The number of aromatic amines is 1. The summed E-state index contributed by atoms with van der Waals surface area (Å²) in [6, 6.07) is 6.25. The fraction of sp³-hybridized carbons (Fsp3) is 0.435. The van der Waals surface area contributed by atoms with Gasteiger partial charge >= 0.3 is 0 Å². The average Bonchev–Trinajstić information content (AvgIpc) is 3.17. The number of piperidine rings is 1. The van der Waals surface area contributed by atoms with Crippen LogP contribution in [0.3, 0.4) is 0 Å². The molecule has 1 fully saturated rings. The van der Waals surface area contributed by atoms with E-state index in [1.807, 2.05) is 19.9 Å². The molecule has 3 N–H and O–H groups in total. The lowest BCUT2D eigenvalue weighted by Crippen LogP contribution is -2.29. The third kappa shape index (κ3) is 4.80. The van der Waals surface area contributed by atoms with E-state index in [0.717, 1.165) is 65.8 Å². The zero-order chi connectivity index (χ0) is 22.0. The van der Waals surface area contributed by atoms with E-state index in [-0.39, 0.29) is 0 Å². The molecule has 0 bridgehead atoms. The molecule has 1 saturated heterocycles. The quantitative estimate of drug-likeness (QED) is 0.542. The first-order valence-corrected chi connectivity index (χ1v) is 10.7. The summed E-state index contributed by atoms with van der Waals surface area (Å²) >= 11 is 0. The third-order valence-electron chi connectivity index (χ3n) is 5.91. The van der Waals surface area contributed by atoms with Crippen LogP contribution in [0.5, 0.6) is 5.75 Å². The first kappa shape index (κ1) is 21.1. The van der Waals surface area contributed by atoms with Crippen molar-refractivity contribution in [3.05, 3.63) is 46.8 Å². The molecular formula is C23H31N7O. The Labute approximate surface area is 183 Å². The summed E-state index contributed by atoms with van der Waals surface area (Å²) in [6.45, 7) is 8.28. The highest BCUT2D eigenvalue weighted by Crippen LogP contribution is 2.37. The summed E-state index contributed by atoms with van der Waals surface area (Å²) < 4.78 is 5.76. The van der Waals surface area contributed by atoms with Crippen molar-refractivity contribution < 1.29 is 4.74 Å². The maximum Gasteiger partial charge on any atom is 0.229 e. The average molecular weight is 422 g/mol. The van der Waals surface area contributed by atoms with E-state index in [2.05, 4.69) is 61.8 Å². The van der Waals surface area contributed by atoms with Crippen LogP contribution in [-0.4, -0.2) is 52.3 Å². The van der Waals surface area contributed by atoms with Gasteiger partial charge in [-0.1, -0.05) is 6.07 Å². The number of aryl methyl sites for hydroxylation is 3. The lowest BCUT2D eigenvalue weighted by molar-refractivity contribution is 0.252. The van der Waals surface area contributed by atoms with Crippen molar-refractivity contribution in [3.63, 3.8) is 0 Å². The number of rotatable bonds is 6. The molecule has 31 heavy (non-hydrogen) atoms.